The predicted octanol–water partition coefficient (Wildman–Crippen LogP) is 2.51. The smallest absolute Gasteiger partial charge is 0.262 e. The van der Waals surface area contributed by atoms with Crippen LogP contribution in [-0.2, 0) is 0 Å². The van der Waals surface area contributed by atoms with Crippen LogP contribution in [0.15, 0.2) is 58.8 Å². The van der Waals surface area contributed by atoms with Gasteiger partial charge in [0, 0.05) is 29.1 Å². The van der Waals surface area contributed by atoms with Crippen molar-refractivity contribution < 1.29 is 4.73 Å². The van der Waals surface area contributed by atoms with Crippen LogP contribution >= 0.6 is 21.6 Å². The van der Waals surface area contributed by atoms with Gasteiger partial charge in [0.25, 0.3) is 5.03 Å². The lowest BCUT2D eigenvalue weighted by molar-refractivity contribution is -0.645. The Morgan fingerprint density at radius 2 is 1.93 bits per heavy atom. The van der Waals surface area contributed by atoms with Crippen LogP contribution < -0.4 is 4.73 Å². The van der Waals surface area contributed by atoms with Gasteiger partial charge in [0.2, 0.25) is 0 Å². The van der Waals surface area contributed by atoms with Crippen LogP contribution in [0.25, 0.3) is 0 Å². The van der Waals surface area contributed by atoms with Crippen molar-refractivity contribution >= 4 is 21.6 Å². The number of rotatable bonds is 3. The lowest BCUT2D eigenvalue weighted by atomic mass is 10.5. The van der Waals surface area contributed by atoms with Gasteiger partial charge in [-0.3, -0.25) is 0 Å². The van der Waals surface area contributed by atoms with Crippen molar-refractivity contribution in [2.24, 2.45) is 0 Å². The van der Waals surface area contributed by atoms with E-state index in [0.717, 1.165) is 9.76 Å². The summed E-state index contributed by atoms with van der Waals surface area (Å²) < 4.78 is 0.848. The predicted molar refractivity (Wildman–Crippen MR) is 61.4 cm³/mol. The number of hydrogen-bond acceptors (Lipinski definition) is 4. The zero-order chi connectivity index (χ0) is 10.5. The molecule has 0 N–H and O–H groups in total. The monoisotopic (exact) mass is 236 g/mol. The maximum atomic E-state index is 11.3. The van der Waals surface area contributed by atoms with Crippen molar-refractivity contribution in [3.05, 3.63) is 54.0 Å². The average molecular weight is 236 g/mol. The van der Waals surface area contributed by atoms with Crippen LogP contribution in [0.4, 0.5) is 0 Å². The Labute approximate surface area is 95.5 Å². The summed E-state index contributed by atoms with van der Waals surface area (Å²) in [5.74, 6) is 0. The largest absolute Gasteiger partial charge is 0.618 e. The van der Waals surface area contributed by atoms with Crippen LogP contribution in [-0.4, -0.2) is 4.98 Å². The third-order valence-corrected chi connectivity index (χ3v) is 3.90. The molecule has 0 aliphatic carbocycles. The number of aromatic nitrogens is 2. The standard InChI is InChI=1S/C10H8N2OS2/c13-12-8-4-2-6-10(12)15-14-9-5-1-3-7-11-9/h1-8H. The second kappa shape index (κ2) is 5.04. The zero-order valence-corrected chi connectivity index (χ0v) is 9.37. The molecule has 2 heterocycles. The molecule has 76 valence electrons. The summed E-state index contributed by atoms with van der Waals surface area (Å²) in [6.07, 6.45) is 3.22. The van der Waals surface area contributed by atoms with Gasteiger partial charge in [-0.15, -0.1) is 0 Å². The second-order valence-corrected chi connectivity index (χ2v) is 4.87. The second-order valence-electron chi connectivity index (χ2n) is 2.70. The Balaban J connectivity index is 2.03. The van der Waals surface area contributed by atoms with Crippen molar-refractivity contribution in [1.29, 1.82) is 0 Å². The van der Waals surface area contributed by atoms with E-state index in [0.29, 0.717) is 5.03 Å². The molecule has 0 fully saturated rings. The van der Waals surface area contributed by atoms with Crippen LogP contribution in [0, 0.1) is 5.21 Å². The van der Waals surface area contributed by atoms with Crippen LogP contribution in [0.5, 0.6) is 0 Å². The van der Waals surface area contributed by atoms with E-state index in [1.165, 1.54) is 27.8 Å². The van der Waals surface area contributed by atoms with E-state index in [2.05, 4.69) is 4.98 Å². The van der Waals surface area contributed by atoms with E-state index in [1.54, 1.807) is 18.3 Å². The number of nitrogens with zero attached hydrogens (tertiary/aromatic N) is 2. The first-order chi connectivity index (χ1) is 7.36. The quantitative estimate of drug-likeness (QED) is 0.466. The van der Waals surface area contributed by atoms with Gasteiger partial charge in [0.1, 0.15) is 5.03 Å². The van der Waals surface area contributed by atoms with E-state index in [-0.39, 0.29) is 0 Å². The Morgan fingerprint density at radius 3 is 2.67 bits per heavy atom. The summed E-state index contributed by atoms with van der Waals surface area (Å²) in [5.41, 5.74) is 0. The van der Waals surface area contributed by atoms with E-state index >= 15 is 0 Å². The molecule has 0 atom stereocenters. The highest BCUT2D eigenvalue weighted by molar-refractivity contribution is 8.76. The molecule has 2 aromatic rings. The normalized spacial score (nSPS) is 10.1. The summed E-state index contributed by atoms with van der Waals surface area (Å²) >= 11 is 0. The molecule has 0 aliphatic rings. The molecule has 0 aliphatic heterocycles. The fourth-order valence-corrected chi connectivity index (χ4v) is 2.83. The Morgan fingerprint density at radius 1 is 1.07 bits per heavy atom. The van der Waals surface area contributed by atoms with Gasteiger partial charge in [-0.1, -0.05) is 6.07 Å². The van der Waals surface area contributed by atoms with E-state index in [9.17, 15) is 5.21 Å². The summed E-state index contributed by atoms with van der Waals surface area (Å²) in [7, 11) is 2.88. The molecule has 0 spiro atoms. The maximum absolute atomic E-state index is 11.3. The molecule has 0 saturated carbocycles. The number of pyridine rings is 2. The average Bonchev–Trinajstić information content (AvgIpc) is 2.29. The third kappa shape index (κ3) is 2.87. The molecule has 2 rings (SSSR count). The van der Waals surface area contributed by atoms with Crippen molar-refractivity contribution in [3.8, 4) is 0 Å². The third-order valence-electron chi connectivity index (χ3n) is 1.64. The molecule has 5 heteroatoms. The highest BCUT2D eigenvalue weighted by Crippen LogP contribution is 2.33. The maximum Gasteiger partial charge on any atom is 0.262 e. The van der Waals surface area contributed by atoms with Gasteiger partial charge in [0.15, 0.2) is 6.20 Å². The molecular weight excluding hydrogens is 228 g/mol. The first-order valence-corrected chi connectivity index (χ1v) is 6.45. The van der Waals surface area contributed by atoms with Gasteiger partial charge >= 0.3 is 0 Å². The minimum absolute atomic E-state index is 0.660. The van der Waals surface area contributed by atoms with Crippen molar-refractivity contribution in [2.45, 2.75) is 10.1 Å². The molecule has 2 aromatic heterocycles. The molecule has 15 heavy (non-hydrogen) atoms. The van der Waals surface area contributed by atoms with Crippen LogP contribution in [0.1, 0.15) is 0 Å². The molecule has 0 amide bonds. The first-order valence-electron chi connectivity index (χ1n) is 4.30. The van der Waals surface area contributed by atoms with Gasteiger partial charge in [-0.05, 0) is 29.0 Å². The molecule has 0 radical (unpaired) electrons. The Hall–Kier alpha value is -1.20. The SMILES string of the molecule is [O-][n+]1ccccc1SSc1ccccn1. The van der Waals surface area contributed by atoms with Gasteiger partial charge in [-0.25, -0.2) is 4.98 Å². The summed E-state index contributed by atoms with van der Waals surface area (Å²) in [4.78, 5) is 4.15. The van der Waals surface area contributed by atoms with Gasteiger partial charge < -0.3 is 5.21 Å². The van der Waals surface area contributed by atoms with Crippen molar-refractivity contribution in [1.82, 2.24) is 4.98 Å². The van der Waals surface area contributed by atoms with Gasteiger partial charge in [-0.2, -0.15) is 4.73 Å². The summed E-state index contributed by atoms with van der Waals surface area (Å²) in [6.45, 7) is 0. The summed E-state index contributed by atoms with van der Waals surface area (Å²) in [5, 5.41) is 12.9. The zero-order valence-electron chi connectivity index (χ0n) is 7.74. The lowest BCUT2D eigenvalue weighted by Gasteiger charge is -2.01. The fourth-order valence-electron chi connectivity index (χ4n) is 0.959. The molecule has 0 unspecified atom stereocenters. The highest BCUT2D eigenvalue weighted by atomic mass is 33.1. The van der Waals surface area contributed by atoms with Gasteiger partial charge in [0.05, 0.1) is 0 Å². The topological polar surface area (TPSA) is 39.8 Å². The minimum atomic E-state index is 0.660. The summed E-state index contributed by atoms with van der Waals surface area (Å²) in [6, 6.07) is 11.0. The molecule has 0 bridgehead atoms. The van der Waals surface area contributed by atoms with Crippen molar-refractivity contribution in [3.63, 3.8) is 0 Å². The molecule has 0 saturated heterocycles. The lowest BCUT2D eigenvalue weighted by Crippen LogP contribution is -2.27. The molecule has 3 nitrogen and oxygen atoms in total. The van der Waals surface area contributed by atoms with Crippen LogP contribution in [0.3, 0.4) is 0 Å². The molecule has 0 aromatic carbocycles. The first kappa shape index (κ1) is 10.3. The molecular formula is C10H8N2OS2. The number of hydrogen-bond donors (Lipinski definition) is 0. The van der Waals surface area contributed by atoms with Crippen LogP contribution in [0.2, 0.25) is 0 Å². The van der Waals surface area contributed by atoms with Crippen molar-refractivity contribution in [2.75, 3.05) is 0 Å². The fraction of sp³-hybridized carbons (Fsp3) is 0. The Kier molecular flexibility index (Phi) is 3.47. The Bertz CT molecular complexity index is 436. The van der Waals surface area contributed by atoms with E-state index < -0.39 is 0 Å². The van der Waals surface area contributed by atoms with E-state index in [1.807, 2.05) is 24.3 Å². The highest BCUT2D eigenvalue weighted by Gasteiger charge is 2.05. The minimum Gasteiger partial charge on any atom is -0.618 e. The van der Waals surface area contributed by atoms with E-state index in [4.69, 9.17) is 0 Å².